The zero-order valence-electron chi connectivity index (χ0n) is 12.3. The van der Waals surface area contributed by atoms with Crippen molar-refractivity contribution in [2.24, 2.45) is 5.92 Å². The number of thioether (sulfide) groups is 1. The molecule has 1 amide bonds. The van der Waals surface area contributed by atoms with E-state index in [1.165, 1.54) is 30.2 Å². The minimum Gasteiger partial charge on any atom is -0.398 e. The second kappa shape index (κ2) is 7.02. The summed E-state index contributed by atoms with van der Waals surface area (Å²) in [6, 6.07) is 6.30. The van der Waals surface area contributed by atoms with Crippen LogP contribution in [0, 0.1) is 12.8 Å². The Morgan fingerprint density at radius 2 is 2.05 bits per heavy atom. The maximum absolute atomic E-state index is 12.0. The lowest BCUT2D eigenvalue weighted by Crippen LogP contribution is -2.38. The van der Waals surface area contributed by atoms with Gasteiger partial charge in [0.1, 0.15) is 0 Å². The highest BCUT2D eigenvalue weighted by Gasteiger charge is 2.19. The summed E-state index contributed by atoms with van der Waals surface area (Å²) in [7, 11) is 0. The molecule has 0 heterocycles. The van der Waals surface area contributed by atoms with Gasteiger partial charge >= 0.3 is 0 Å². The summed E-state index contributed by atoms with van der Waals surface area (Å²) in [6.07, 6.45) is 4.68. The number of aryl methyl sites for hydroxylation is 1. The molecule has 3 N–H and O–H groups in total. The number of rotatable bonds is 4. The highest BCUT2D eigenvalue weighted by molar-refractivity contribution is 8.00. The van der Waals surface area contributed by atoms with Gasteiger partial charge in [-0.05, 0) is 56.2 Å². The molecule has 110 valence electrons. The van der Waals surface area contributed by atoms with Gasteiger partial charge in [-0.1, -0.05) is 13.0 Å². The van der Waals surface area contributed by atoms with Gasteiger partial charge in [0.25, 0.3) is 0 Å². The number of nitrogen functional groups attached to an aromatic ring is 1. The van der Waals surface area contributed by atoms with E-state index in [0.717, 1.165) is 29.3 Å². The molecule has 20 heavy (non-hydrogen) atoms. The van der Waals surface area contributed by atoms with Gasteiger partial charge in [-0.15, -0.1) is 11.8 Å². The Balaban J connectivity index is 1.79. The van der Waals surface area contributed by atoms with Crippen molar-refractivity contribution >= 4 is 23.4 Å². The minimum absolute atomic E-state index is 0.121. The van der Waals surface area contributed by atoms with Gasteiger partial charge in [0.2, 0.25) is 5.91 Å². The molecule has 0 atom stereocenters. The van der Waals surface area contributed by atoms with Crippen LogP contribution in [0.1, 0.15) is 38.2 Å². The Labute approximate surface area is 125 Å². The first-order chi connectivity index (χ1) is 9.54. The van der Waals surface area contributed by atoms with Crippen LogP contribution in [-0.2, 0) is 4.79 Å². The zero-order chi connectivity index (χ0) is 14.5. The third-order valence-corrected chi connectivity index (χ3v) is 4.98. The average Bonchev–Trinajstić information content (AvgIpc) is 2.42. The minimum atomic E-state index is 0.121. The van der Waals surface area contributed by atoms with Crippen molar-refractivity contribution in [3.8, 4) is 0 Å². The molecule has 0 spiro atoms. The van der Waals surface area contributed by atoms with Crippen LogP contribution in [0.4, 0.5) is 5.69 Å². The first-order valence-corrected chi connectivity index (χ1v) is 8.31. The molecule has 4 heteroatoms. The molecule has 0 saturated heterocycles. The van der Waals surface area contributed by atoms with Gasteiger partial charge in [0.05, 0.1) is 5.75 Å². The molecule has 1 fully saturated rings. The molecule has 0 radical (unpaired) electrons. The lowest BCUT2D eigenvalue weighted by atomic mass is 9.87. The Kier molecular flexibility index (Phi) is 5.35. The van der Waals surface area contributed by atoms with Crippen LogP contribution >= 0.6 is 11.8 Å². The molecule has 1 aliphatic carbocycles. The second-order valence-corrected chi connectivity index (χ2v) is 6.87. The first kappa shape index (κ1) is 15.2. The number of carbonyl (C=O) groups excluding carboxylic acids is 1. The Hall–Kier alpha value is -1.16. The SMILES string of the molecule is Cc1ccc(N)c(SCC(=O)NC2CCC(C)CC2)c1. The van der Waals surface area contributed by atoms with Gasteiger partial charge < -0.3 is 11.1 Å². The fraction of sp³-hybridized carbons (Fsp3) is 0.562. The van der Waals surface area contributed by atoms with Crippen molar-refractivity contribution in [3.63, 3.8) is 0 Å². The third-order valence-electron chi connectivity index (χ3n) is 3.91. The van der Waals surface area contributed by atoms with E-state index in [2.05, 4.69) is 12.2 Å². The highest BCUT2D eigenvalue weighted by atomic mass is 32.2. The van der Waals surface area contributed by atoms with Gasteiger partial charge in [0.15, 0.2) is 0 Å². The number of amides is 1. The lowest BCUT2D eigenvalue weighted by Gasteiger charge is -2.26. The molecule has 1 aliphatic rings. The van der Waals surface area contributed by atoms with Gasteiger partial charge in [0, 0.05) is 16.6 Å². The third kappa shape index (κ3) is 4.44. The van der Waals surface area contributed by atoms with Crippen molar-refractivity contribution in [2.75, 3.05) is 11.5 Å². The molecular weight excluding hydrogens is 268 g/mol. The maximum atomic E-state index is 12.0. The van der Waals surface area contributed by atoms with Crippen LogP contribution in [0.3, 0.4) is 0 Å². The number of carbonyl (C=O) groups is 1. The van der Waals surface area contributed by atoms with E-state index in [9.17, 15) is 4.79 Å². The summed E-state index contributed by atoms with van der Waals surface area (Å²) >= 11 is 1.52. The average molecular weight is 292 g/mol. The van der Waals surface area contributed by atoms with E-state index in [1.54, 1.807) is 0 Å². The molecule has 0 aliphatic heterocycles. The molecule has 1 aromatic carbocycles. The summed E-state index contributed by atoms with van der Waals surface area (Å²) < 4.78 is 0. The summed E-state index contributed by atoms with van der Waals surface area (Å²) in [6.45, 7) is 4.32. The summed E-state index contributed by atoms with van der Waals surface area (Å²) in [5.74, 6) is 1.37. The Morgan fingerprint density at radius 1 is 1.35 bits per heavy atom. The molecular formula is C16H24N2OS. The zero-order valence-corrected chi connectivity index (χ0v) is 13.1. The van der Waals surface area contributed by atoms with Gasteiger partial charge in [-0.3, -0.25) is 4.79 Å². The van der Waals surface area contributed by atoms with Crippen molar-refractivity contribution in [2.45, 2.75) is 50.5 Å². The van der Waals surface area contributed by atoms with E-state index in [-0.39, 0.29) is 5.91 Å². The van der Waals surface area contributed by atoms with Crippen molar-refractivity contribution in [3.05, 3.63) is 23.8 Å². The summed E-state index contributed by atoms with van der Waals surface area (Å²) in [5, 5.41) is 3.14. The number of benzene rings is 1. The highest BCUT2D eigenvalue weighted by Crippen LogP contribution is 2.26. The fourth-order valence-corrected chi connectivity index (χ4v) is 3.46. The number of hydrogen-bond acceptors (Lipinski definition) is 3. The monoisotopic (exact) mass is 292 g/mol. The van der Waals surface area contributed by atoms with Crippen molar-refractivity contribution < 1.29 is 4.79 Å². The van der Waals surface area contributed by atoms with Crippen LogP contribution < -0.4 is 11.1 Å². The van der Waals surface area contributed by atoms with E-state index < -0.39 is 0 Å². The van der Waals surface area contributed by atoms with Crippen LogP contribution in [0.5, 0.6) is 0 Å². The Bertz CT molecular complexity index is 468. The molecule has 2 rings (SSSR count). The Morgan fingerprint density at radius 3 is 2.75 bits per heavy atom. The first-order valence-electron chi connectivity index (χ1n) is 7.33. The number of nitrogens with two attached hydrogens (primary N) is 1. The predicted octanol–water partition coefficient (Wildman–Crippen LogP) is 3.36. The summed E-state index contributed by atoms with van der Waals surface area (Å²) in [4.78, 5) is 13.0. The molecule has 1 saturated carbocycles. The normalized spacial score (nSPS) is 22.5. The van der Waals surface area contributed by atoms with Gasteiger partial charge in [-0.25, -0.2) is 0 Å². The number of anilines is 1. The molecule has 1 aromatic rings. The predicted molar refractivity (Wildman–Crippen MR) is 85.9 cm³/mol. The smallest absolute Gasteiger partial charge is 0.230 e. The van der Waals surface area contributed by atoms with Crippen LogP contribution in [0.15, 0.2) is 23.1 Å². The van der Waals surface area contributed by atoms with Crippen LogP contribution in [-0.4, -0.2) is 17.7 Å². The van der Waals surface area contributed by atoms with E-state index in [1.807, 2.05) is 25.1 Å². The van der Waals surface area contributed by atoms with Crippen molar-refractivity contribution in [1.29, 1.82) is 0 Å². The maximum Gasteiger partial charge on any atom is 0.230 e. The van der Waals surface area contributed by atoms with Crippen molar-refractivity contribution in [1.82, 2.24) is 5.32 Å². The van der Waals surface area contributed by atoms with E-state index in [4.69, 9.17) is 5.73 Å². The van der Waals surface area contributed by atoms with E-state index in [0.29, 0.717) is 11.8 Å². The number of hydrogen-bond donors (Lipinski definition) is 2. The van der Waals surface area contributed by atoms with E-state index >= 15 is 0 Å². The number of nitrogens with one attached hydrogen (secondary N) is 1. The fourth-order valence-electron chi connectivity index (χ4n) is 2.58. The molecule has 3 nitrogen and oxygen atoms in total. The largest absolute Gasteiger partial charge is 0.398 e. The topological polar surface area (TPSA) is 55.1 Å². The van der Waals surface area contributed by atoms with Crippen LogP contribution in [0.25, 0.3) is 0 Å². The standard InChI is InChI=1S/C16H24N2OS/c1-11-3-6-13(7-4-11)18-16(19)10-20-15-9-12(2)5-8-14(15)17/h5,8-9,11,13H,3-4,6-7,10,17H2,1-2H3,(H,18,19). The molecule has 0 bridgehead atoms. The second-order valence-electron chi connectivity index (χ2n) is 5.85. The molecule has 0 aromatic heterocycles. The summed E-state index contributed by atoms with van der Waals surface area (Å²) in [5.41, 5.74) is 7.84. The molecule has 0 unspecified atom stereocenters. The quantitative estimate of drug-likeness (QED) is 0.661. The van der Waals surface area contributed by atoms with Gasteiger partial charge in [-0.2, -0.15) is 0 Å². The lowest BCUT2D eigenvalue weighted by molar-refractivity contribution is -0.119. The van der Waals surface area contributed by atoms with Crippen LogP contribution in [0.2, 0.25) is 0 Å².